The second-order valence-corrected chi connectivity index (χ2v) is 6.76. The first-order chi connectivity index (χ1) is 12.4. The predicted octanol–water partition coefficient (Wildman–Crippen LogP) is 1.81. The number of carbonyl (C=O) groups excluding carboxylic acids is 3. The number of rotatable bonds is 6. The van der Waals surface area contributed by atoms with Gasteiger partial charge in [-0.1, -0.05) is 13.0 Å². The smallest absolute Gasteiger partial charge is 0.321 e. The fourth-order valence-electron chi connectivity index (χ4n) is 3.04. The van der Waals surface area contributed by atoms with Crippen molar-refractivity contribution in [3.05, 3.63) is 29.3 Å². The first-order valence-corrected chi connectivity index (χ1v) is 9.17. The Morgan fingerprint density at radius 2 is 2.00 bits per heavy atom. The molecule has 0 atom stereocenters. The van der Waals surface area contributed by atoms with Crippen molar-refractivity contribution in [2.75, 3.05) is 24.5 Å². The standard InChI is InChI=1S/C19H28N4O3/c1-4-10-20-19(26)22-17(24)12-23-11-6-8-14-15(7-5-9-16(14)23)18(25)21-13(2)3/h5,7,9,13H,4,6,8,10-12H2,1-3H3,(H,21,25)(H2,20,22,24,26). The fourth-order valence-corrected chi connectivity index (χ4v) is 3.04. The van der Waals surface area contributed by atoms with E-state index in [1.165, 1.54) is 0 Å². The summed E-state index contributed by atoms with van der Waals surface area (Å²) in [6.45, 7) is 7.12. The predicted molar refractivity (Wildman–Crippen MR) is 101 cm³/mol. The topological polar surface area (TPSA) is 90.5 Å². The minimum absolute atomic E-state index is 0.0606. The van der Waals surface area contributed by atoms with Crippen molar-refractivity contribution in [1.82, 2.24) is 16.0 Å². The van der Waals surface area contributed by atoms with Crippen molar-refractivity contribution in [2.45, 2.75) is 46.1 Å². The molecular weight excluding hydrogens is 332 g/mol. The summed E-state index contributed by atoms with van der Waals surface area (Å²) in [5.41, 5.74) is 2.50. The summed E-state index contributed by atoms with van der Waals surface area (Å²) in [6, 6.07) is 5.16. The first-order valence-electron chi connectivity index (χ1n) is 9.17. The molecule has 0 aliphatic carbocycles. The molecule has 1 heterocycles. The third-order valence-corrected chi connectivity index (χ3v) is 4.13. The van der Waals surface area contributed by atoms with E-state index in [1.54, 1.807) is 0 Å². The van der Waals surface area contributed by atoms with Crippen LogP contribution in [0.2, 0.25) is 0 Å². The molecule has 1 aliphatic rings. The van der Waals surface area contributed by atoms with Crippen LogP contribution in [0.4, 0.5) is 10.5 Å². The number of imide groups is 1. The van der Waals surface area contributed by atoms with Gasteiger partial charge in [-0.05, 0) is 50.8 Å². The lowest BCUT2D eigenvalue weighted by Gasteiger charge is -2.31. The van der Waals surface area contributed by atoms with E-state index in [-0.39, 0.29) is 24.4 Å². The van der Waals surface area contributed by atoms with Crippen LogP contribution < -0.4 is 20.9 Å². The number of fused-ring (bicyclic) bond motifs is 1. The van der Waals surface area contributed by atoms with Crippen LogP contribution in [0.15, 0.2) is 18.2 Å². The average Bonchev–Trinajstić information content (AvgIpc) is 2.59. The van der Waals surface area contributed by atoms with E-state index >= 15 is 0 Å². The fraction of sp³-hybridized carbons (Fsp3) is 0.526. The second kappa shape index (κ2) is 9.22. The molecule has 1 aromatic carbocycles. The molecule has 0 fully saturated rings. The maximum atomic E-state index is 12.4. The van der Waals surface area contributed by atoms with Gasteiger partial charge in [-0.2, -0.15) is 0 Å². The minimum atomic E-state index is -0.473. The number of hydrogen-bond acceptors (Lipinski definition) is 4. The van der Waals surface area contributed by atoms with Crippen molar-refractivity contribution >= 4 is 23.5 Å². The van der Waals surface area contributed by atoms with E-state index in [9.17, 15) is 14.4 Å². The van der Waals surface area contributed by atoms with Gasteiger partial charge in [0, 0.05) is 30.4 Å². The maximum absolute atomic E-state index is 12.4. The van der Waals surface area contributed by atoms with Gasteiger partial charge < -0.3 is 15.5 Å². The molecule has 142 valence electrons. The Balaban J connectivity index is 2.10. The van der Waals surface area contributed by atoms with Gasteiger partial charge in [0.25, 0.3) is 5.91 Å². The first kappa shape index (κ1) is 19.8. The number of benzene rings is 1. The van der Waals surface area contributed by atoms with Crippen molar-refractivity contribution in [3.8, 4) is 0 Å². The highest BCUT2D eigenvalue weighted by Crippen LogP contribution is 2.29. The number of nitrogens with zero attached hydrogens (tertiary/aromatic N) is 1. The molecule has 7 nitrogen and oxygen atoms in total. The van der Waals surface area contributed by atoms with Crippen LogP contribution in [0.25, 0.3) is 0 Å². The van der Waals surface area contributed by atoms with E-state index in [4.69, 9.17) is 0 Å². The number of urea groups is 1. The lowest BCUT2D eigenvalue weighted by atomic mass is 9.95. The molecule has 1 aromatic rings. The largest absolute Gasteiger partial charge is 0.362 e. The number of anilines is 1. The molecule has 2 rings (SSSR count). The van der Waals surface area contributed by atoms with Crippen LogP contribution in [0.5, 0.6) is 0 Å². The van der Waals surface area contributed by atoms with Crippen molar-refractivity contribution in [2.24, 2.45) is 0 Å². The lowest BCUT2D eigenvalue weighted by molar-refractivity contribution is -0.118. The number of nitrogens with one attached hydrogen (secondary N) is 3. The highest BCUT2D eigenvalue weighted by molar-refractivity contribution is 5.99. The monoisotopic (exact) mass is 360 g/mol. The van der Waals surface area contributed by atoms with Crippen LogP contribution in [-0.4, -0.2) is 43.5 Å². The quantitative estimate of drug-likeness (QED) is 0.722. The normalized spacial score (nSPS) is 13.2. The summed E-state index contributed by atoms with van der Waals surface area (Å²) in [5, 5.41) is 7.89. The Morgan fingerprint density at radius 1 is 1.23 bits per heavy atom. The SMILES string of the molecule is CCCNC(=O)NC(=O)CN1CCCc2c(C(=O)NC(C)C)cccc21. The van der Waals surface area contributed by atoms with Gasteiger partial charge in [-0.3, -0.25) is 14.9 Å². The third kappa shape index (κ3) is 5.21. The summed E-state index contributed by atoms with van der Waals surface area (Å²) < 4.78 is 0. The van der Waals surface area contributed by atoms with Crippen LogP contribution >= 0.6 is 0 Å². The molecule has 26 heavy (non-hydrogen) atoms. The second-order valence-electron chi connectivity index (χ2n) is 6.76. The van der Waals surface area contributed by atoms with E-state index in [2.05, 4.69) is 16.0 Å². The lowest BCUT2D eigenvalue weighted by Crippen LogP contribution is -2.46. The van der Waals surface area contributed by atoms with Gasteiger partial charge in [0.1, 0.15) is 0 Å². The molecule has 0 saturated heterocycles. The highest BCUT2D eigenvalue weighted by Gasteiger charge is 2.24. The van der Waals surface area contributed by atoms with Gasteiger partial charge in [-0.15, -0.1) is 0 Å². The minimum Gasteiger partial charge on any atom is -0.362 e. The van der Waals surface area contributed by atoms with Gasteiger partial charge >= 0.3 is 6.03 Å². The van der Waals surface area contributed by atoms with Crippen LogP contribution in [-0.2, 0) is 11.2 Å². The average molecular weight is 360 g/mol. The molecule has 0 unspecified atom stereocenters. The van der Waals surface area contributed by atoms with Crippen LogP contribution in [0.3, 0.4) is 0 Å². The Hall–Kier alpha value is -2.57. The molecule has 4 amide bonds. The van der Waals surface area contributed by atoms with Gasteiger partial charge in [0.15, 0.2) is 0 Å². The van der Waals surface area contributed by atoms with E-state index in [0.29, 0.717) is 18.7 Å². The molecule has 3 N–H and O–H groups in total. The summed E-state index contributed by atoms with van der Waals surface area (Å²) in [7, 11) is 0. The highest BCUT2D eigenvalue weighted by atomic mass is 16.2. The van der Waals surface area contributed by atoms with Gasteiger partial charge in [0.05, 0.1) is 6.54 Å². The van der Waals surface area contributed by atoms with Crippen LogP contribution in [0, 0.1) is 0 Å². The molecule has 7 heteroatoms. The molecule has 0 radical (unpaired) electrons. The van der Waals surface area contributed by atoms with E-state index in [0.717, 1.165) is 30.5 Å². The molecule has 0 saturated carbocycles. The van der Waals surface area contributed by atoms with E-state index in [1.807, 2.05) is 43.9 Å². The molecule has 0 bridgehead atoms. The number of hydrogen-bond donors (Lipinski definition) is 3. The van der Waals surface area contributed by atoms with Crippen LogP contribution in [0.1, 0.15) is 49.5 Å². The maximum Gasteiger partial charge on any atom is 0.321 e. The third-order valence-electron chi connectivity index (χ3n) is 4.13. The molecular formula is C19H28N4O3. The van der Waals surface area contributed by atoms with E-state index < -0.39 is 6.03 Å². The summed E-state index contributed by atoms with van der Waals surface area (Å²) in [6.07, 6.45) is 2.46. The Bertz CT molecular complexity index is 673. The zero-order valence-electron chi connectivity index (χ0n) is 15.7. The summed E-state index contributed by atoms with van der Waals surface area (Å²) in [4.78, 5) is 38.2. The Kier molecular flexibility index (Phi) is 7.00. The number of carbonyl (C=O) groups is 3. The van der Waals surface area contributed by atoms with Gasteiger partial charge in [0.2, 0.25) is 5.91 Å². The molecule has 0 spiro atoms. The molecule has 0 aromatic heterocycles. The molecule has 1 aliphatic heterocycles. The Morgan fingerprint density at radius 3 is 2.69 bits per heavy atom. The van der Waals surface area contributed by atoms with Crippen molar-refractivity contribution in [1.29, 1.82) is 0 Å². The zero-order valence-corrected chi connectivity index (χ0v) is 15.7. The van der Waals surface area contributed by atoms with Crippen molar-refractivity contribution in [3.63, 3.8) is 0 Å². The summed E-state index contributed by atoms with van der Waals surface area (Å²) >= 11 is 0. The Labute approximate surface area is 154 Å². The summed E-state index contributed by atoms with van der Waals surface area (Å²) in [5.74, 6) is -0.453. The van der Waals surface area contributed by atoms with Crippen molar-refractivity contribution < 1.29 is 14.4 Å². The number of amides is 4. The van der Waals surface area contributed by atoms with Gasteiger partial charge in [-0.25, -0.2) is 4.79 Å². The zero-order chi connectivity index (χ0) is 19.1.